The van der Waals surface area contributed by atoms with Crippen LogP contribution < -0.4 is 6.15 Å². The van der Waals surface area contributed by atoms with Gasteiger partial charge < -0.3 is 26.3 Å². The van der Waals surface area contributed by atoms with Gasteiger partial charge >= 0.3 is 7.82 Å². The van der Waals surface area contributed by atoms with Crippen molar-refractivity contribution in [1.82, 2.24) is 6.15 Å². The van der Waals surface area contributed by atoms with Crippen molar-refractivity contribution in [2.75, 3.05) is 0 Å². The number of rotatable bonds is 0. The van der Waals surface area contributed by atoms with E-state index in [0.717, 1.165) is 0 Å². The summed E-state index contributed by atoms with van der Waals surface area (Å²) in [6, 6.07) is 0. The molecular weight excluding hydrogens is 136 g/mol. The topological polar surface area (TPSA) is 144 Å². The fourth-order valence-electron chi connectivity index (χ4n) is 0. The Morgan fingerprint density at radius 1 is 1.12 bits per heavy atom. The predicted octanol–water partition coefficient (Wildman–Crippen LogP) is -1.97. The van der Waals surface area contributed by atoms with Gasteiger partial charge in [0.2, 0.25) is 0 Å². The summed E-state index contributed by atoms with van der Waals surface area (Å²) in [5, 5.41) is 0. The standard InChI is InChI=1S/B.H3N.H3O4P.H2O/c;;1-5(2,3)4;/h;1H3;(H3,1,2,3,4);1H2. The van der Waals surface area contributed by atoms with Crippen molar-refractivity contribution in [1.29, 1.82) is 0 Å². The van der Waals surface area contributed by atoms with Crippen molar-refractivity contribution in [2.45, 2.75) is 0 Å². The van der Waals surface area contributed by atoms with E-state index in [0.29, 0.717) is 0 Å². The van der Waals surface area contributed by atoms with Crippen molar-refractivity contribution >= 4 is 16.2 Å². The van der Waals surface area contributed by atoms with Gasteiger partial charge in [0, 0.05) is 8.41 Å². The van der Waals surface area contributed by atoms with Crippen LogP contribution in [0, 0.1) is 0 Å². The van der Waals surface area contributed by atoms with Crippen LogP contribution in [0.3, 0.4) is 0 Å². The second-order valence-electron chi connectivity index (χ2n) is 0.513. The summed E-state index contributed by atoms with van der Waals surface area (Å²) in [7, 11) is -4.64. The van der Waals surface area contributed by atoms with Crippen molar-refractivity contribution in [3.8, 4) is 0 Å². The maximum atomic E-state index is 8.88. The number of phosphoric acid groups is 1. The fourth-order valence-corrected chi connectivity index (χ4v) is 0. The van der Waals surface area contributed by atoms with Gasteiger partial charge in [-0.3, -0.25) is 0 Å². The molecule has 8 N–H and O–H groups in total. The zero-order chi connectivity index (χ0) is 4.50. The molecule has 0 unspecified atom stereocenters. The molecule has 0 fully saturated rings. The molecule has 8 heavy (non-hydrogen) atoms. The molecule has 0 heterocycles. The zero-order valence-electron chi connectivity index (χ0n) is 3.98. The normalized spacial score (nSPS) is 7.38. The van der Waals surface area contributed by atoms with Crippen molar-refractivity contribution in [3.05, 3.63) is 0 Å². The van der Waals surface area contributed by atoms with E-state index >= 15 is 0 Å². The quantitative estimate of drug-likeness (QED) is 0.230. The average molecular weight is 144 g/mol. The van der Waals surface area contributed by atoms with Crippen LogP contribution in [0.2, 0.25) is 0 Å². The lowest BCUT2D eigenvalue weighted by atomic mass is 10.8. The Bertz CT molecular complexity index is 58.6. The van der Waals surface area contributed by atoms with Crippen molar-refractivity contribution in [3.63, 3.8) is 0 Å². The van der Waals surface area contributed by atoms with E-state index in [4.69, 9.17) is 19.2 Å². The Morgan fingerprint density at radius 2 is 1.12 bits per heavy atom. The third-order valence-corrected chi connectivity index (χ3v) is 0. The summed E-state index contributed by atoms with van der Waals surface area (Å²) < 4.78 is 8.88. The van der Waals surface area contributed by atoms with Crippen molar-refractivity contribution < 1.29 is 24.7 Å². The first-order chi connectivity index (χ1) is 2.00. The van der Waals surface area contributed by atoms with Gasteiger partial charge in [-0.05, 0) is 0 Å². The first kappa shape index (κ1) is 24.3. The van der Waals surface area contributed by atoms with Crippen LogP contribution in [0.4, 0.5) is 0 Å². The maximum absolute atomic E-state index is 8.88. The molecule has 0 aromatic heterocycles. The molecule has 0 rings (SSSR count). The predicted molar refractivity (Wildman–Crippen MR) is 28.7 cm³/mol. The third-order valence-electron chi connectivity index (χ3n) is 0. The Labute approximate surface area is 48.2 Å². The molecule has 6 nitrogen and oxygen atoms in total. The minimum absolute atomic E-state index is 0. The molecule has 0 aliphatic carbocycles. The van der Waals surface area contributed by atoms with E-state index in [9.17, 15) is 0 Å². The molecule has 0 aliphatic heterocycles. The number of hydrogen-bond donors (Lipinski definition) is 4. The van der Waals surface area contributed by atoms with E-state index in [-0.39, 0.29) is 20.0 Å². The molecule has 0 bridgehead atoms. The first-order valence-electron chi connectivity index (χ1n) is 0.783. The van der Waals surface area contributed by atoms with Gasteiger partial charge in [0.25, 0.3) is 0 Å². The van der Waals surface area contributed by atoms with Gasteiger partial charge in [-0.1, -0.05) is 0 Å². The van der Waals surface area contributed by atoms with Crippen LogP contribution in [0.1, 0.15) is 0 Å². The Kier molecular flexibility index (Phi) is 21.6. The van der Waals surface area contributed by atoms with Crippen LogP contribution >= 0.6 is 7.82 Å². The highest BCUT2D eigenvalue weighted by molar-refractivity contribution is 7.45. The molecule has 0 saturated carbocycles. The summed E-state index contributed by atoms with van der Waals surface area (Å²) in [5.74, 6) is 0. The van der Waals surface area contributed by atoms with Crippen LogP contribution in [0.5, 0.6) is 0 Å². The molecule has 0 amide bonds. The minimum Gasteiger partial charge on any atom is -0.412 e. The van der Waals surface area contributed by atoms with Gasteiger partial charge in [-0.2, -0.15) is 0 Å². The van der Waals surface area contributed by atoms with Crippen LogP contribution in [-0.4, -0.2) is 28.6 Å². The smallest absolute Gasteiger partial charge is 0.412 e. The number of hydrogen-bond acceptors (Lipinski definition) is 2. The van der Waals surface area contributed by atoms with Crippen LogP contribution in [0.25, 0.3) is 0 Å². The van der Waals surface area contributed by atoms with Gasteiger partial charge in [-0.25, -0.2) is 4.57 Å². The Balaban J connectivity index is -0.0000000267. The van der Waals surface area contributed by atoms with E-state index in [2.05, 4.69) is 0 Å². The van der Waals surface area contributed by atoms with Crippen LogP contribution in [-0.2, 0) is 4.57 Å². The summed E-state index contributed by atoms with van der Waals surface area (Å²) >= 11 is 0. The lowest BCUT2D eigenvalue weighted by Crippen LogP contribution is -1.66. The maximum Gasteiger partial charge on any atom is 0.466 e. The molecular formula is H8BNO5P. The highest BCUT2D eigenvalue weighted by Crippen LogP contribution is 2.25. The second-order valence-corrected chi connectivity index (χ2v) is 1.54. The van der Waals surface area contributed by atoms with E-state index in [1.165, 1.54) is 0 Å². The Morgan fingerprint density at radius 3 is 1.12 bits per heavy atom. The summed E-state index contributed by atoms with van der Waals surface area (Å²) in [4.78, 5) is 21.6. The van der Waals surface area contributed by atoms with Gasteiger partial charge in [0.05, 0.1) is 0 Å². The second kappa shape index (κ2) is 7.09. The molecule has 8 heteroatoms. The molecule has 51 valence electrons. The fraction of sp³-hybridized carbons (Fsp3) is 0. The molecule has 0 spiro atoms. The summed E-state index contributed by atoms with van der Waals surface area (Å²) in [5.41, 5.74) is 0. The summed E-state index contributed by atoms with van der Waals surface area (Å²) in [6.45, 7) is 0. The lowest BCUT2D eigenvalue weighted by Gasteiger charge is -1.82. The molecule has 3 radical (unpaired) electrons. The molecule has 0 atom stereocenters. The molecule has 0 aromatic carbocycles. The third kappa shape index (κ3) is 17600. The SMILES string of the molecule is N.O.O=P(O)(O)O.[B]. The Hall–Kier alpha value is 0.0949. The molecule has 0 aromatic rings. The van der Waals surface area contributed by atoms with Gasteiger partial charge in [0.1, 0.15) is 0 Å². The largest absolute Gasteiger partial charge is 0.466 e. The summed E-state index contributed by atoms with van der Waals surface area (Å²) in [6.07, 6.45) is 0. The van der Waals surface area contributed by atoms with Crippen molar-refractivity contribution in [2.24, 2.45) is 0 Å². The first-order valence-corrected chi connectivity index (χ1v) is 2.35. The molecule has 0 saturated heterocycles. The monoisotopic (exact) mass is 144 g/mol. The molecule has 0 aliphatic rings. The van der Waals surface area contributed by atoms with E-state index in [1.807, 2.05) is 0 Å². The zero-order valence-corrected chi connectivity index (χ0v) is 4.88. The van der Waals surface area contributed by atoms with Crippen LogP contribution in [0.15, 0.2) is 0 Å². The van der Waals surface area contributed by atoms with Gasteiger partial charge in [-0.15, -0.1) is 0 Å². The van der Waals surface area contributed by atoms with E-state index in [1.54, 1.807) is 0 Å². The minimum atomic E-state index is -4.64. The lowest BCUT2D eigenvalue weighted by molar-refractivity contribution is 0.275. The van der Waals surface area contributed by atoms with Gasteiger partial charge in [0.15, 0.2) is 0 Å². The highest BCUT2D eigenvalue weighted by Gasteiger charge is 2.00. The highest BCUT2D eigenvalue weighted by atomic mass is 31.2. The average Bonchev–Trinajstić information content (AvgIpc) is 0.722. The van der Waals surface area contributed by atoms with E-state index < -0.39 is 7.82 Å².